The number of carbonyl (C=O) groups is 3. The smallest absolute Gasteiger partial charge is 0.310 e. The fourth-order valence-corrected chi connectivity index (χ4v) is 2.80. The Morgan fingerprint density at radius 1 is 0.538 bits per heavy atom. The highest BCUT2D eigenvalue weighted by molar-refractivity contribution is 5.74. The molecule has 0 saturated heterocycles. The number of anilines is 3. The van der Waals surface area contributed by atoms with Gasteiger partial charge in [0.2, 0.25) is 17.8 Å². The molecule has 0 fully saturated rings. The van der Waals surface area contributed by atoms with Gasteiger partial charge >= 0.3 is 17.9 Å². The van der Waals surface area contributed by atoms with E-state index in [4.69, 9.17) is 14.2 Å². The minimum Gasteiger partial charge on any atom is -0.460 e. The maximum absolute atomic E-state index is 12.4. The highest BCUT2D eigenvalue weighted by Gasteiger charge is 2.24. The average molecular weight is 553 g/mol. The van der Waals surface area contributed by atoms with Gasteiger partial charge in [0.1, 0.15) is 16.8 Å². The van der Waals surface area contributed by atoms with E-state index in [0.29, 0.717) is 0 Å². The van der Waals surface area contributed by atoms with Crippen LogP contribution in [-0.4, -0.2) is 69.3 Å². The Morgan fingerprint density at radius 2 is 0.744 bits per heavy atom. The van der Waals surface area contributed by atoms with Gasteiger partial charge in [-0.25, -0.2) is 0 Å². The molecule has 12 nitrogen and oxygen atoms in total. The Balaban J connectivity index is 3.00. The fourth-order valence-electron chi connectivity index (χ4n) is 2.80. The van der Waals surface area contributed by atoms with Crippen LogP contribution in [0.2, 0.25) is 0 Å². The third-order valence-corrected chi connectivity index (χ3v) is 4.76. The Bertz CT molecular complexity index is 844. The molecule has 1 heterocycles. The van der Waals surface area contributed by atoms with Gasteiger partial charge in [-0.3, -0.25) is 14.4 Å². The summed E-state index contributed by atoms with van der Waals surface area (Å²) in [7, 11) is 0. The summed E-state index contributed by atoms with van der Waals surface area (Å²) in [5.74, 6) is -1.82. The highest BCUT2D eigenvalue weighted by atomic mass is 16.6. The van der Waals surface area contributed by atoms with Gasteiger partial charge in [0.15, 0.2) is 0 Å². The van der Waals surface area contributed by atoms with Crippen LogP contribution in [0, 0.1) is 17.8 Å². The molecular formula is C27H48N6O6. The molecule has 3 unspecified atom stereocenters. The number of hydrogen-bond donors (Lipinski definition) is 3. The van der Waals surface area contributed by atoms with Crippen molar-refractivity contribution >= 4 is 35.8 Å². The van der Waals surface area contributed by atoms with E-state index in [0.717, 1.165) is 0 Å². The molecule has 0 aromatic carbocycles. The third kappa shape index (κ3) is 14.5. The van der Waals surface area contributed by atoms with Gasteiger partial charge < -0.3 is 30.2 Å². The van der Waals surface area contributed by atoms with Crippen molar-refractivity contribution in [3.05, 3.63) is 0 Å². The SMILES string of the molecule is CC(CNc1nc(NCC(C)C(=O)OC(C)(C)C)nc(NCC(C)C(=O)OC(C)(C)C)n1)C(=O)OC(C)(C)C. The van der Waals surface area contributed by atoms with Crippen LogP contribution in [0.1, 0.15) is 83.1 Å². The maximum Gasteiger partial charge on any atom is 0.310 e. The minimum absolute atomic E-state index is 0.209. The highest BCUT2D eigenvalue weighted by Crippen LogP contribution is 2.16. The number of aromatic nitrogens is 3. The molecule has 39 heavy (non-hydrogen) atoms. The molecule has 0 radical (unpaired) electrons. The number of nitrogens with one attached hydrogen (secondary N) is 3. The van der Waals surface area contributed by atoms with E-state index in [2.05, 4.69) is 30.9 Å². The average Bonchev–Trinajstić information content (AvgIpc) is 2.75. The van der Waals surface area contributed by atoms with Crippen molar-refractivity contribution in [3.8, 4) is 0 Å². The zero-order chi connectivity index (χ0) is 30.2. The van der Waals surface area contributed by atoms with Crippen LogP contribution in [-0.2, 0) is 28.6 Å². The van der Waals surface area contributed by atoms with Gasteiger partial charge in [0.05, 0.1) is 17.8 Å². The van der Waals surface area contributed by atoms with E-state index >= 15 is 0 Å². The van der Waals surface area contributed by atoms with Crippen LogP contribution >= 0.6 is 0 Å². The van der Waals surface area contributed by atoms with Gasteiger partial charge in [0.25, 0.3) is 0 Å². The van der Waals surface area contributed by atoms with E-state index < -0.39 is 34.6 Å². The van der Waals surface area contributed by atoms with Crippen molar-refractivity contribution in [3.63, 3.8) is 0 Å². The lowest BCUT2D eigenvalue weighted by molar-refractivity contribution is -0.159. The van der Waals surface area contributed by atoms with E-state index in [1.165, 1.54) is 0 Å². The first-order valence-electron chi connectivity index (χ1n) is 13.3. The van der Waals surface area contributed by atoms with Crippen LogP contribution in [0.4, 0.5) is 17.8 Å². The second-order valence-electron chi connectivity index (χ2n) is 12.8. The molecule has 0 aliphatic carbocycles. The van der Waals surface area contributed by atoms with Gasteiger partial charge in [-0.2, -0.15) is 15.0 Å². The summed E-state index contributed by atoms with van der Waals surface area (Å²) >= 11 is 0. The van der Waals surface area contributed by atoms with Gasteiger partial charge in [-0.05, 0) is 62.3 Å². The molecule has 0 aliphatic heterocycles. The Hall–Kier alpha value is -3.18. The van der Waals surface area contributed by atoms with Gasteiger partial charge in [0, 0.05) is 19.6 Å². The largest absolute Gasteiger partial charge is 0.460 e. The quantitative estimate of drug-likeness (QED) is 0.253. The van der Waals surface area contributed by atoms with Crippen LogP contribution in [0.25, 0.3) is 0 Å². The number of esters is 3. The summed E-state index contributed by atoms with van der Waals surface area (Å²) in [5.41, 5.74) is -1.78. The van der Waals surface area contributed by atoms with Crippen LogP contribution in [0.3, 0.4) is 0 Å². The van der Waals surface area contributed by atoms with Crippen molar-refractivity contribution in [2.24, 2.45) is 17.8 Å². The lowest BCUT2D eigenvalue weighted by atomic mass is 10.1. The Morgan fingerprint density at radius 3 is 0.923 bits per heavy atom. The second-order valence-corrected chi connectivity index (χ2v) is 12.8. The molecule has 3 N–H and O–H groups in total. The first-order valence-corrected chi connectivity index (χ1v) is 13.3. The predicted molar refractivity (Wildman–Crippen MR) is 150 cm³/mol. The molecular weight excluding hydrogens is 504 g/mol. The predicted octanol–water partition coefficient (Wildman–Crippen LogP) is 4.04. The van der Waals surface area contributed by atoms with Crippen LogP contribution in [0.5, 0.6) is 0 Å². The number of hydrogen-bond acceptors (Lipinski definition) is 12. The summed E-state index contributed by atoms with van der Waals surface area (Å²) in [5, 5.41) is 9.15. The summed E-state index contributed by atoms with van der Waals surface area (Å²) in [6.07, 6.45) is 0. The van der Waals surface area contributed by atoms with Crippen molar-refractivity contribution < 1.29 is 28.6 Å². The number of nitrogens with zero attached hydrogens (tertiary/aromatic N) is 3. The van der Waals surface area contributed by atoms with Gasteiger partial charge in [-0.1, -0.05) is 20.8 Å². The van der Waals surface area contributed by atoms with E-state index in [-0.39, 0.29) is 55.4 Å². The van der Waals surface area contributed by atoms with Crippen LogP contribution < -0.4 is 16.0 Å². The molecule has 0 saturated carbocycles. The molecule has 0 bridgehead atoms. The molecule has 1 rings (SSSR count). The summed E-state index contributed by atoms with van der Waals surface area (Å²) < 4.78 is 16.3. The Labute approximate surface area is 232 Å². The molecule has 12 heteroatoms. The van der Waals surface area contributed by atoms with E-state index in [9.17, 15) is 14.4 Å². The van der Waals surface area contributed by atoms with E-state index in [1.807, 2.05) is 62.3 Å². The van der Waals surface area contributed by atoms with Crippen molar-refractivity contribution in [2.75, 3.05) is 35.6 Å². The number of ether oxygens (including phenoxy) is 3. The third-order valence-electron chi connectivity index (χ3n) is 4.76. The molecule has 0 amide bonds. The second kappa shape index (κ2) is 13.7. The summed E-state index contributed by atoms with van der Waals surface area (Å²) in [4.78, 5) is 50.2. The molecule has 1 aromatic heterocycles. The van der Waals surface area contributed by atoms with Crippen molar-refractivity contribution in [1.82, 2.24) is 15.0 Å². The molecule has 0 spiro atoms. The minimum atomic E-state index is -0.595. The van der Waals surface area contributed by atoms with Gasteiger partial charge in [-0.15, -0.1) is 0 Å². The first-order chi connectivity index (χ1) is 17.6. The standard InChI is InChI=1S/C27H48N6O6/c1-16(19(34)37-25(4,5)6)13-28-22-31-23(29-14-17(2)20(35)38-26(7,8)9)33-24(32-22)30-15-18(3)21(36)39-27(10,11)12/h16-18H,13-15H2,1-12H3,(H3,28,29,30,31,32,33). The zero-order valence-corrected chi connectivity index (χ0v) is 25.6. The lowest BCUT2D eigenvalue weighted by Crippen LogP contribution is -2.32. The molecule has 1 aromatic rings. The maximum atomic E-state index is 12.4. The summed E-state index contributed by atoms with van der Waals surface area (Å²) in [6.45, 7) is 22.2. The topological polar surface area (TPSA) is 154 Å². The molecule has 3 atom stereocenters. The number of rotatable bonds is 12. The van der Waals surface area contributed by atoms with Crippen LogP contribution in [0.15, 0.2) is 0 Å². The number of carbonyl (C=O) groups excluding carboxylic acids is 3. The zero-order valence-electron chi connectivity index (χ0n) is 25.6. The van der Waals surface area contributed by atoms with E-state index in [1.54, 1.807) is 20.8 Å². The molecule has 0 aliphatic rings. The van der Waals surface area contributed by atoms with Crippen molar-refractivity contribution in [2.45, 2.75) is 99.9 Å². The summed E-state index contributed by atoms with van der Waals surface area (Å²) in [6, 6.07) is 0. The molecule has 222 valence electrons. The first kappa shape index (κ1) is 33.8. The lowest BCUT2D eigenvalue weighted by Gasteiger charge is -2.23. The normalized spacial score (nSPS) is 14.5. The Kier molecular flexibility index (Phi) is 11.9. The monoisotopic (exact) mass is 552 g/mol. The fraction of sp³-hybridized carbons (Fsp3) is 0.778. The van der Waals surface area contributed by atoms with Crippen molar-refractivity contribution in [1.29, 1.82) is 0 Å².